The van der Waals surface area contributed by atoms with E-state index in [9.17, 15) is 4.79 Å². The maximum atomic E-state index is 12.4. The van der Waals surface area contributed by atoms with Gasteiger partial charge in [-0.3, -0.25) is 4.79 Å². The lowest BCUT2D eigenvalue weighted by Crippen LogP contribution is -2.38. The summed E-state index contributed by atoms with van der Waals surface area (Å²) < 4.78 is 10.7. The van der Waals surface area contributed by atoms with Crippen molar-refractivity contribution in [3.05, 3.63) is 23.4 Å². The van der Waals surface area contributed by atoms with Gasteiger partial charge in [0.2, 0.25) is 17.7 Å². The number of carbonyl (C=O) groups is 1. The van der Waals surface area contributed by atoms with Gasteiger partial charge in [-0.05, 0) is 50.9 Å². The Balaban J connectivity index is 1.31. The van der Waals surface area contributed by atoms with Gasteiger partial charge in [0.1, 0.15) is 6.42 Å². The minimum atomic E-state index is 0.0264. The fraction of sp³-hybridized carbons (Fsp3) is 0.750. The monoisotopic (exact) mass is 387 g/mol. The zero-order chi connectivity index (χ0) is 19.7. The molecule has 1 amide bonds. The van der Waals surface area contributed by atoms with Crippen LogP contribution in [0.5, 0.6) is 0 Å². The lowest BCUT2D eigenvalue weighted by molar-refractivity contribution is -0.132. The molecule has 1 unspecified atom stereocenters. The zero-order valence-corrected chi connectivity index (χ0v) is 16.9. The summed E-state index contributed by atoms with van der Waals surface area (Å²) in [5.74, 6) is 4.64. The van der Waals surface area contributed by atoms with Crippen molar-refractivity contribution >= 4 is 5.91 Å². The van der Waals surface area contributed by atoms with E-state index in [0.29, 0.717) is 42.6 Å². The molecule has 1 aliphatic carbocycles. The topological polar surface area (TPSA) is 98.2 Å². The van der Waals surface area contributed by atoms with Crippen LogP contribution in [0.4, 0.5) is 0 Å². The number of likely N-dealkylation sites (tertiary alicyclic amines) is 1. The van der Waals surface area contributed by atoms with Gasteiger partial charge in [-0.2, -0.15) is 9.97 Å². The minimum absolute atomic E-state index is 0.0264. The predicted octanol–water partition coefficient (Wildman–Crippen LogP) is 3.25. The minimum Gasteiger partial charge on any atom is -0.342 e. The first-order valence-electron chi connectivity index (χ1n) is 10.4. The van der Waals surface area contributed by atoms with E-state index in [1.54, 1.807) is 6.92 Å². The summed E-state index contributed by atoms with van der Waals surface area (Å²) in [4.78, 5) is 23.2. The fourth-order valence-corrected chi connectivity index (χ4v) is 4.77. The lowest BCUT2D eigenvalue weighted by Gasteiger charge is -2.30. The van der Waals surface area contributed by atoms with E-state index >= 15 is 0 Å². The van der Waals surface area contributed by atoms with E-state index in [2.05, 4.69) is 29.1 Å². The van der Waals surface area contributed by atoms with Crippen molar-refractivity contribution in [2.24, 2.45) is 11.8 Å². The average molecular weight is 387 g/mol. The Morgan fingerprint density at radius 3 is 2.36 bits per heavy atom. The van der Waals surface area contributed by atoms with Gasteiger partial charge in [0, 0.05) is 24.9 Å². The van der Waals surface area contributed by atoms with Gasteiger partial charge in [-0.15, -0.1) is 0 Å². The quantitative estimate of drug-likeness (QED) is 0.794. The Morgan fingerprint density at radius 2 is 1.71 bits per heavy atom. The van der Waals surface area contributed by atoms with Crippen LogP contribution in [0.3, 0.4) is 0 Å². The van der Waals surface area contributed by atoms with Gasteiger partial charge >= 0.3 is 0 Å². The van der Waals surface area contributed by atoms with Gasteiger partial charge in [-0.1, -0.05) is 24.2 Å². The van der Waals surface area contributed by atoms with Crippen LogP contribution in [0.2, 0.25) is 0 Å². The van der Waals surface area contributed by atoms with Crippen LogP contribution in [-0.4, -0.2) is 44.2 Å². The highest BCUT2D eigenvalue weighted by atomic mass is 16.5. The van der Waals surface area contributed by atoms with E-state index in [1.807, 2.05) is 4.90 Å². The molecule has 1 saturated heterocycles. The first-order valence-corrected chi connectivity index (χ1v) is 10.4. The highest BCUT2D eigenvalue weighted by Crippen LogP contribution is 2.38. The number of amides is 1. The summed E-state index contributed by atoms with van der Waals surface area (Å²) in [5, 5.41) is 8.03. The van der Waals surface area contributed by atoms with Crippen LogP contribution in [-0.2, 0) is 11.2 Å². The second-order valence-corrected chi connectivity index (χ2v) is 8.67. The second kappa shape index (κ2) is 8.01. The van der Waals surface area contributed by atoms with E-state index in [1.165, 1.54) is 6.42 Å². The normalized spacial score (nSPS) is 26.5. The van der Waals surface area contributed by atoms with Crippen molar-refractivity contribution < 1.29 is 13.8 Å². The van der Waals surface area contributed by atoms with Crippen LogP contribution in [0.15, 0.2) is 9.05 Å². The molecular weight excluding hydrogens is 358 g/mol. The maximum Gasteiger partial charge on any atom is 0.236 e. The maximum absolute atomic E-state index is 12.4. The third-order valence-corrected chi connectivity index (χ3v) is 6.07. The molecule has 0 spiro atoms. The predicted molar refractivity (Wildman–Crippen MR) is 101 cm³/mol. The molecule has 0 N–H and O–H groups in total. The van der Waals surface area contributed by atoms with Crippen LogP contribution in [0.25, 0.3) is 0 Å². The lowest BCUT2D eigenvalue weighted by atomic mass is 9.76. The molecule has 0 bridgehead atoms. The number of carbonyl (C=O) groups excluding carboxylic acids is 1. The fourth-order valence-electron chi connectivity index (χ4n) is 4.77. The van der Waals surface area contributed by atoms with E-state index in [-0.39, 0.29) is 18.2 Å². The van der Waals surface area contributed by atoms with Crippen LogP contribution in [0, 0.1) is 18.8 Å². The molecule has 28 heavy (non-hydrogen) atoms. The van der Waals surface area contributed by atoms with Crippen molar-refractivity contribution in [2.45, 2.75) is 71.1 Å². The van der Waals surface area contributed by atoms with E-state index < -0.39 is 0 Å². The number of aryl methyl sites for hydroxylation is 1. The van der Waals surface area contributed by atoms with E-state index in [4.69, 9.17) is 14.0 Å². The largest absolute Gasteiger partial charge is 0.342 e. The third kappa shape index (κ3) is 4.25. The Morgan fingerprint density at radius 1 is 1.00 bits per heavy atom. The number of piperidine rings is 1. The SMILES string of the molecule is Cc1noc(CC(=O)N2CCC(c3nc(C4C[C@@H](C)C[C@@H](C)C4)no3)CC2)n1. The molecule has 2 fully saturated rings. The smallest absolute Gasteiger partial charge is 0.236 e. The molecule has 0 aromatic carbocycles. The van der Waals surface area contributed by atoms with Gasteiger partial charge in [0.05, 0.1) is 0 Å². The Hall–Kier alpha value is -2.25. The van der Waals surface area contributed by atoms with Crippen LogP contribution >= 0.6 is 0 Å². The summed E-state index contributed by atoms with van der Waals surface area (Å²) in [6.07, 6.45) is 5.42. The second-order valence-electron chi connectivity index (χ2n) is 8.67. The highest BCUT2D eigenvalue weighted by molar-refractivity contribution is 5.77. The van der Waals surface area contributed by atoms with Gasteiger partial charge in [0.15, 0.2) is 11.6 Å². The number of nitrogens with zero attached hydrogens (tertiary/aromatic N) is 5. The molecule has 4 rings (SSSR count). The summed E-state index contributed by atoms with van der Waals surface area (Å²) in [6.45, 7) is 7.74. The van der Waals surface area contributed by atoms with Gasteiger partial charge < -0.3 is 13.9 Å². The first kappa shape index (κ1) is 19.1. The summed E-state index contributed by atoms with van der Waals surface area (Å²) in [7, 11) is 0. The summed E-state index contributed by atoms with van der Waals surface area (Å²) in [6, 6.07) is 0. The molecular formula is C20H29N5O3. The molecule has 8 heteroatoms. The van der Waals surface area contributed by atoms with E-state index in [0.717, 1.165) is 37.4 Å². The molecule has 0 radical (unpaired) electrons. The van der Waals surface area contributed by atoms with Crippen molar-refractivity contribution in [1.82, 2.24) is 25.2 Å². The Bertz CT molecular complexity index is 798. The summed E-state index contributed by atoms with van der Waals surface area (Å²) in [5.41, 5.74) is 0. The number of rotatable bonds is 4. The number of hydrogen-bond acceptors (Lipinski definition) is 7. The zero-order valence-electron chi connectivity index (χ0n) is 16.9. The molecule has 1 saturated carbocycles. The number of hydrogen-bond donors (Lipinski definition) is 0. The van der Waals surface area contributed by atoms with Crippen molar-refractivity contribution in [2.75, 3.05) is 13.1 Å². The third-order valence-electron chi connectivity index (χ3n) is 6.07. The first-order chi connectivity index (χ1) is 13.5. The number of aromatic nitrogens is 4. The average Bonchev–Trinajstić information content (AvgIpc) is 3.30. The molecule has 152 valence electrons. The molecule has 8 nitrogen and oxygen atoms in total. The van der Waals surface area contributed by atoms with Crippen LogP contribution < -0.4 is 0 Å². The Kier molecular flexibility index (Phi) is 5.46. The Labute approximate surface area is 165 Å². The van der Waals surface area contributed by atoms with Gasteiger partial charge in [-0.25, -0.2) is 0 Å². The van der Waals surface area contributed by atoms with Crippen molar-refractivity contribution in [3.8, 4) is 0 Å². The molecule has 2 aliphatic rings. The molecule has 3 atom stereocenters. The molecule has 2 aromatic heterocycles. The molecule has 3 heterocycles. The van der Waals surface area contributed by atoms with Crippen molar-refractivity contribution in [3.63, 3.8) is 0 Å². The highest BCUT2D eigenvalue weighted by Gasteiger charge is 2.31. The summed E-state index contributed by atoms with van der Waals surface area (Å²) >= 11 is 0. The molecule has 1 aliphatic heterocycles. The van der Waals surface area contributed by atoms with Gasteiger partial charge in [0.25, 0.3) is 0 Å². The van der Waals surface area contributed by atoms with Crippen LogP contribution in [0.1, 0.15) is 81.2 Å². The molecule has 2 aromatic rings. The van der Waals surface area contributed by atoms with Crippen molar-refractivity contribution in [1.29, 1.82) is 0 Å². The standard InChI is InChI=1S/C20H29N5O3/c1-12-8-13(2)10-16(9-12)19-22-20(28-24-19)15-4-6-25(7-5-15)18(26)11-17-21-14(3)23-27-17/h12-13,15-16H,4-11H2,1-3H3/t12-,13+,16?.